The molecule has 0 aromatic heterocycles. The van der Waals surface area contributed by atoms with Gasteiger partial charge in [-0.2, -0.15) is 0 Å². The first-order valence-corrected chi connectivity index (χ1v) is 12.3. The minimum absolute atomic E-state index is 0.0115. The smallest absolute Gasteiger partial charge is 0.308 e. The molecule has 5 nitrogen and oxygen atoms in total. The van der Waals surface area contributed by atoms with Crippen molar-refractivity contribution in [3.63, 3.8) is 0 Å². The lowest BCUT2D eigenvalue weighted by molar-refractivity contribution is -0.145. The number of aliphatic hydroxyl groups excluding tert-OH is 2. The molecular weight excluding hydrogens is 396 g/mol. The number of aliphatic carboxylic acids is 1. The molecule has 0 spiro atoms. The van der Waals surface area contributed by atoms with Gasteiger partial charge in [-0.1, -0.05) is 81.4 Å². The number of benzene rings is 2. The van der Waals surface area contributed by atoms with Crippen molar-refractivity contribution in [2.75, 3.05) is 6.61 Å². The maximum absolute atomic E-state index is 11.0. The lowest BCUT2D eigenvalue weighted by Crippen LogP contribution is -2.66. The third-order valence-corrected chi connectivity index (χ3v) is 10.7. The Labute approximate surface area is 180 Å². The van der Waals surface area contributed by atoms with E-state index in [1.54, 1.807) is 0 Å². The minimum atomic E-state index is -2.66. The fourth-order valence-corrected chi connectivity index (χ4v) is 8.45. The van der Waals surface area contributed by atoms with Gasteiger partial charge in [0.15, 0.2) is 0 Å². The number of carboxylic acid groups (broad SMARTS) is 1. The zero-order chi connectivity index (χ0) is 22.4. The molecule has 0 aliphatic rings. The highest BCUT2D eigenvalue weighted by molar-refractivity contribution is 6.99. The fraction of sp³-hybridized carbons (Fsp3) is 0.458. The average Bonchev–Trinajstić information content (AvgIpc) is 2.70. The highest BCUT2D eigenvalue weighted by atomic mass is 28.4. The van der Waals surface area contributed by atoms with Gasteiger partial charge in [-0.25, -0.2) is 0 Å². The molecule has 164 valence electrons. The molecule has 6 heteroatoms. The second kappa shape index (κ2) is 10.4. The van der Waals surface area contributed by atoms with Gasteiger partial charge in [0.2, 0.25) is 0 Å². The van der Waals surface area contributed by atoms with E-state index >= 15 is 0 Å². The van der Waals surface area contributed by atoms with E-state index in [9.17, 15) is 15.0 Å². The van der Waals surface area contributed by atoms with Gasteiger partial charge in [0.25, 0.3) is 8.32 Å². The molecule has 2 aromatic carbocycles. The van der Waals surface area contributed by atoms with Crippen LogP contribution in [-0.4, -0.2) is 48.4 Å². The topological polar surface area (TPSA) is 87.0 Å². The summed E-state index contributed by atoms with van der Waals surface area (Å²) in [7, 11) is -2.66. The Morgan fingerprint density at radius 3 is 1.83 bits per heavy atom. The number of carbonyl (C=O) groups is 1. The van der Waals surface area contributed by atoms with E-state index in [0.29, 0.717) is 13.0 Å². The number of carboxylic acids is 1. The predicted octanol–water partition coefficient (Wildman–Crippen LogP) is 2.79. The van der Waals surface area contributed by atoms with E-state index in [1.165, 1.54) is 6.92 Å². The standard InChI is InChI=1S/C24H34O5Si/c1-18(23(27)28)22(26)17-19(25)15-16-29-30(24(2,3)4,20-11-7-5-8-12-20)21-13-9-6-10-14-21/h5-14,18-19,22,25-26H,15-17H2,1-4H3,(H,27,28)/t18-,19+,22+/m1/s1. The first kappa shape index (κ1) is 24.3. The maximum atomic E-state index is 11.0. The van der Waals surface area contributed by atoms with Crippen LogP contribution in [0.15, 0.2) is 60.7 Å². The van der Waals surface area contributed by atoms with Crippen LogP contribution in [-0.2, 0) is 9.22 Å². The molecule has 0 aliphatic carbocycles. The molecule has 2 rings (SSSR count). The van der Waals surface area contributed by atoms with Gasteiger partial charge in [-0.15, -0.1) is 0 Å². The first-order chi connectivity index (χ1) is 14.1. The Balaban J connectivity index is 2.24. The summed E-state index contributed by atoms with van der Waals surface area (Å²) >= 11 is 0. The number of aliphatic hydroxyl groups is 2. The Hall–Kier alpha value is -1.99. The summed E-state index contributed by atoms with van der Waals surface area (Å²) in [5.74, 6) is -1.99. The summed E-state index contributed by atoms with van der Waals surface area (Å²) in [6.45, 7) is 8.33. The van der Waals surface area contributed by atoms with Gasteiger partial charge < -0.3 is 19.7 Å². The Bertz CT molecular complexity index is 749. The molecule has 0 unspecified atom stereocenters. The molecule has 3 atom stereocenters. The van der Waals surface area contributed by atoms with Crippen LogP contribution in [0, 0.1) is 5.92 Å². The average molecular weight is 431 g/mol. The van der Waals surface area contributed by atoms with Crippen LogP contribution < -0.4 is 10.4 Å². The first-order valence-electron chi connectivity index (χ1n) is 10.4. The van der Waals surface area contributed by atoms with E-state index in [-0.39, 0.29) is 11.5 Å². The van der Waals surface area contributed by atoms with E-state index in [0.717, 1.165) is 10.4 Å². The summed E-state index contributed by atoms with van der Waals surface area (Å²) < 4.78 is 6.71. The van der Waals surface area contributed by atoms with Crippen molar-refractivity contribution >= 4 is 24.7 Å². The molecule has 0 amide bonds. The van der Waals surface area contributed by atoms with Gasteiger partial charge in [0.1, 0.15) is 0 Å². The van der Waals surface area contributed by atoms with Crippen molar-refractivity contribution in [1.82, 2.24) is 0 Å². The molecule has 0 saturated heterocycles. The molecule has 0 bridgehead atoms. The van der Waals surface area contributed by atoms with E-state index in [4.69, 9.17) is 9.53 Å². The summed E-state index contributed by atoms with van der Waals surface area (Å²) in [5, 5.41) is 31.6. The van der Waals surface area contributed by atoms with Crippen molar-refractivity contribution < 1.29 is 24.5 Å². The third-order valence-electron chi connectivity index (χ3n) is 5.67. The SMILES string of the molecule is C[C@@H](C(=O)O)[C@@H](O)C[C@@H](O)CCO[Si](c1ccccc1)(c1ccccc1)C(C)(C)C. The highest BCUT2D eigenvalue weighted by Gasteiger charge is 2.50. The van der Waals surface area contributed by atoms with Crippen molar-refractivity contribution in [3.05, 3.63) is 60.7 Å². The zero-order valence-electron chi connectivity index (χ0n) is 18.3. The Morgan fingerprint density at radius 2 is 1.43 bits per heavy atom. The largest absolute Gasteiger partial charge is 0.481 e. The van der Waals surface area contributed by atoms with Crippen LogP contribution in [0.3, 0.4) is 0 Å². The van der Waals surface area contributed by atoms with Crippen LogP contribution in [0.2, 0.25) is 5.04 Å². The van der Waals surface area contributed by atoms with E-state index < -0.39 is 32.4 Å². The summed E-state index contributed by atoms with van der Waals surface area (Å²) in [6, 6.07) is 20.5. The number of hydrogen-bond donors (Lipinski definition) is 3. The Kier molecular flexibility index (Phi) is 8.38. The molecule has 0 saturated carbocycles. The van der Waals surface area contributed by atoms with Crippen molar-refractivity contribution in [3.8, 4) is 0 Å². The van der Waals surface area contributed by atoms with Crippen LogP contribution in [0.25, 0.3) is 0 Å². The van der Waals surface area contributed by atoms with Gasteiger partial charge in [0.05, 0.1) is 18.1 Å². The van der Waals surface area contributed by atoms with Crippen LogP contribution in [0.1, 0.15) is 40.5 Å². The van der Waals surface area contributed by atoms with Crippen molar-refractivity contribution in [2.24, 2.45) is 5.92 Å². The molecule has 0 radical (unpaired) electrons. The molecule has 0 aliphatic heterocycles. The van der Waals surface area contributed by atoms with Gasteiger partial charge >= 0.3 is 5.97 Å². The predicted molar refractivity (Wildman–Crippen MR) is 122 cm³/mol. The monoisotopic (exact) mass is 430 g/mol. The third kappa shape index (κ3) is 5.58. The fourth-order valence-electron chi connectivity index (χ4n) is 3.87. The van der Waals surface area contributed by atoms with Crippen LogP contribution in [0.4, 0.5) is 0 Å². The lowest BCUT2D eigenvalue weighted by atomic mass is 9.98. The zero-order valence-corrected chi connectivity index (χ0v) is 19.3. The number of rotatable bonds is 10. The quantitative estimate of drug-likeness (QED) is 0.505. The second-order valence-electron chi connectivity index (χ2n) is 8.88. The minimum Gasteiger partial charge on any atom is -0.481 e. The molecule has 30 heavy (non-hydrogen) atoms. The molecule has 3 N–H and O–H groups in total. The highest BCUT2D eigenvalue weighted by Crippen LogP contribution is 2.36. The summed E-state index contributed by atoms with van der Waals surface area (Å²) in [6.07, 6.45) is -1.59. The second-order valence-corrected chi connectivity index (χ2v) is 13.2. The van der Waals surface area contributed by atoms with Crippen molar-refractivity contribution in [1.29, 1.82) is 0 Å². The van der Waals surface area contributed by atoms with E-state index in [2.05, 4.69) is 45.0 Å². The van der Waals surface area contributed by atoms with Gasteiger partial charge in [-0.05, 0) is 28.8 Å². The molecule has 2 aromatic rings. The maximum Gasteiger partial charge on any atom is 0.308 e. The normalized spacial score (nSPS) is 15.4. The Morgan fingerprint density at radius 1 is 0.967 bits per heavy atom. The van der Waals surface area contributed by atoms with Crippen LogP contribution in [0.5, 0.6) is 0 Å². The molecule has 0 fully saturated rings. The molecule has 0 heterocycles. The molecular formula is C24H34O5Si. The van der Waals surface area contributed by atoms with E-state index in [1.807, 2.05) is 36.4 Å². The lowest BCUT2D eigenvalue weighted by Gasteiger charge is -2.43. The summed E-state index contributed by atoms with van der Waals surface area (Å²) in [5.41, 5.74) is 0. The van der Waals surface area contributed by atoms with Crippen LogP contribution >= 0.6 is 0 Å². The number of hydrogen-bond acceptors (Lipinski definition) is 4. The summed E-state index contributed by atoms with van der Waals surface area (Å²) in [4.78, 5) is 11.0. The van der Waals surface area contributed by atoms with Crippen molar-refractivity contribution in [2.45, 2.75) is 57.8 Å². The van der Waals surface area contributed by atoms with Gasteiger partial charge in [-0.3, -0.25) is 4.79 Å². The van der Waals surface area contributed by atoms with Gasteiger partial charge in [0, 0.05) is 13.0 Å².